The fourth-order valence-electron chi connectivity index (χ4n) is 5.69. The van der Waals surface area contributed by atoms with Crippen LogP contribution in [0.4, 0.5) is 0 Å². The first-order valence-electron chi connectivity index (χ1n) is 21.9. The van der Waals surface area contributed by atoms with Gasteiger partial charge in [-0.25, -0.2) is 9.59 Å². The first kappa shape index (κ1) is 55.8. The Morgan fingerprint density at radius 2 is 0.921 bits per heavy atom. The number of carbonyl (C=O) groups excluding carboxylic acids is 6. The third-order valence-corrected chi connectivity index (χ3v) is 9.15. The molecule has 0 aromatic heterocycles. The van der Waals surface area contributed by atoms with Gasteiger partial charge in [-0.15, -0.1) is 0 Å². The lowest BCUT2D eigenvalue weighted by Crippen LogP contribution is -2.41. The summed E-state index contributed by atoms with van der Waals surface area (Å²) < 4.78 is 21.2. The highest BCUT2D eigenvalue weighted by atomic mass is 16.5. The van der Waals surface area contributed by atoms with Gasteiger partial charge in [-0.05, 0) is 50.5 Å². The zero-order chi connectivity index (χ0) is 46.3. The number of unbranched alkanes of at least 4 members (excludes halogenated alkanes) is 4. The Kier molecular flexibility index (Phi) is 33.1. The molecule has 6 amide bonds. The van der Waals surface area contributed by atoms with Crippen LogP contribution in [0.2, 0.25) is 0 Å². The van der Waals surface area contributed by atoms with E-state index in [0.717, 1.165) is 24.8 Å². The van der Waals surface area contributed by atoms with Crippen LogP contribution in [0.1, 0.15) is 96.0 Å². The Labute approximate surface area is 370 Å². The van der Waals surface area contributed by atoms with Gasteiger partial charge in [0, 0.05) is 51.9 Å². The molecule has 20 heteroatoms. The Morgan fingerprint density at radius 3 is 1.43 bits per heavy atom. The van der Waals surface area contributed by atoms with Crippen LogP contribution in [0, 0.1) is 0 Å². The highest BCUT2D eigenvalue weighted by Crippen LogP contribution is 2.07. The van der Waals surface area contributed by atoms with Crippen molar-refractivity contribution in [1.29, 1.82) is 0 Å². The highest BCUT2D eigenvalue weighted by molar-refractivity contribution is 5.85. The number of nitrogens with one attached hydrogen (secondary N) is 6. The molecular formula is C43H70N6O14. The molecule has 1 aromatic rings. The molecule has 0 radical (unpaired) electrons. The van der Waals surface area contributed by atoms with Crippen molar-refractivity contribution in [2.45, 2.75) is 109 Å². The number of hydrogen-bond acceptors (Lipinski definition) is 12. The summed E-state index contributed by atoms with van der Waals surface area (Å²) in [5.74, 6) is -4.62. The standard InChI is InChI=1S/C43H70N6O14/c1-2-3-9-21-45-40(54)31-62-29-28-61-26-24-47-41(55)32-63-30-27-60-25-23-46-37(51)20-18-34(42(56)57)48-38(52)15-8-5-10-22-44-36(50)19-17-35(43(58)59)49-39(53)16-11-14-33-12-6-4-7-13-33/h4,6-7,12-13,34-35H,2-3,5,8-11,14-32H2,1H3,(H,44,50)(H,45,54)(H,46,51)(H,47,55)(H,48,52)(H,49,53)(H,56,57)(H,58,59)/t34-,35-/m0/s1. The summed E-state index contributed by atoms with van der Waals surface area (Å²) in [4.78, 5) is 95.8. The lowest BCUT2D eigenvalue weighted by molar-refractivity contribution is -0.142. The number of benzene rings is 1. The van der Waals surface area contributed by atoms with E-state index in [9.17, 15) is 48.6 Å². The van der Waals surface area contributed by atoms with Crippen LogP contribution >= 0.6 is 0 Å². The van der Waals surface area contributed by atoms with E-state index >= 15 is 0 Å². The van der Waals surface area contributed by atoms with E-state index in [2.05, 4.69) is 38.8 Å². The van der Waals surface area contributed by atoms with Gasteiger partial charge in [-0.1, -0.05) is 56.5 Å². The summed E-state index contributed by atoms with van der Waals surface area (Å²) >= 11 is 0. The highest BCUT2D eigenvalue weighted by Gasteiger charge is 2.22. The minimum absolute atomic E-state index is 0.0232. The molecule has 0 bridgehead atoms. The van der Waals surface area contributed by atoms with Crippen molar-refractivity contribution < 1.29 is 67.5 Å². The second-order valence-electron chi connectivity index (χ2n) is 14.6. The first-order valence-corrected chi connectivity index (χ1v) is 21.9. The van der Waals surface area contributed by atoms with Crippen molar-refractivity contribution in [3.63, 3.8) is 0 Å². The van der Waals surface area contributed by atoms with E-state index < -0.39 is 41.7 Å². The number of rotatable bonds is 40. The molecule has 0 fully saturated rings. The Morgan fingerprint density at radius 1 is 0.476 bits per heavy atom. The van der Waals surface area contributed by atoms with E-state index in [0.29, 0.717) is 45.2 Å². The van der Waals surface area contributed by atoms with Crippen LogP contribution in [0.15, 0.2) is 30.3 Å². The van der Waals surface area contributed by atoms with Crippen molar-refractivity contribution in [3.05, 3.63) is 35.9 Å². The molecule has 63 heavy (non-hydrogen) atoms. The number of hydrogen-bond donors (Lipinski definition) is 8. The molecule has 1 rings (SSSR count). The SMILES string of the molecule is CCCCCNC(=O)COCCOCCNC(=O)COCCOCCNC(=O)CC[C@H](NC(=O)CCCCCNC(=O)CC[C@H](NC(=O)CCCc1ccccc1)C(=O)O)C(=O)O. The number of carbonyl (C=O) groups is 8. The molecule has 2 atom stereocenters. The summed E-state index contributed by atoms with van der Waals surface area (Å²) in [5.41, 5.74) is 1.08. The van der Waals surface area contributed by atoms with Crippen molar-refractivity contribution in [2.24, 2.45) is 0 Å². The molecule has 0 spiro atoms. The molecule has 20 nitrogen and oxygen atoms in total. The van der Waals surface area contributed by atoms with Gasteiger partial charge in [0.05, 0.1) is 39.6 Å². The maximum atomic E-state index is 12.4. The second-order valence-corrected chi connectivity index (χ2v) is 14.6. The van der Waals surface area contributed by atoms with E-state index in [1.165, 1.54) is 0 Å². The summed E-state index contributed by atoms with van der Waals surface area (Å²) in [5, 5.41) is 34.7. The molecule has 356 valence electrons. The maximum Gasteiger partial charge on any atom is 0.326 e. The van der Waals surface area contributed by atoms with Gasteiger partial charge < -0.3 is 61.1 Å². The summed E-state index contributed by atoms with van der Waals surface area (Å²) in [7, 11) is 0. The zero-order valence-electron chi connectivity index (χ0n) is 36.7. The largest absolute Gasteiger partial charge is 0.480 e. The predicted molar refractivity (Wildman–Crippen MR) is 230 cm³/mol. The smallest absolute Gasteiger partial charge is 0.326 e. The van der Waals surface area contributed by atoms with Crippen LogP contribution in [0.3, 0.4) is 0 Å². The van der Waals surface area contributed by atoms with E-state index in [1.54, 1.807) is 0 Å². The van der Waals surface area contributed by atoms with Gasteiger partial charge in [0.15, 0.2) is 0 Å². The third-order valence-electron chi connectivity index (χ3n) is 9.15. The van der Waals surface area contributed by atoms with Crippen LogP contribution in [-0.4, -0.2) is 149 Å². The van der Waals surface area contributed by atoms with Gasteiger partial charge in [0.1, 0.15) is 25.3 Å². The topological polar surface area (TPSA) is 286 Å². The monoisotopic (exact) mass is 894 g/mol. The lowest BCUT2D eigenvalue weighted by Gasteiger charge is -2.15. The van der Waals surface area contributed by atoms with Crippen LogP contribution in [0.5, 0.6) is 0 Å². The minimum atomic E-state index is -1.27. The molecular weight excluding hydrogens is 825 g/mol. The Bertz CT molecular complexity index is 1490. The van der Waals surface area contributed by atoms with Gasteiger partial charge in [0.2, 0.25) is 35.4 Å². The van der Waals surface area contributed by atoms with Gasteiger partial charge in [0.25, 0.3) is 0 Å². The third kappa shape index (κ3) is 33.1. The summed E-state index contributed by atoms with van der Waals surface area (Å²) in [6.45, 7) is 4.60. The number of carboxylic acids is 2. The van der Waals surface area contributed by atoms with Gasteiger partial charge in [-0.3, -0.25) is 28.8 Å². The predicted octanol–water partition coefficient (Wildman–Crippen LogP) is 0.990. The van der Waals surface area contributed by atoms with Crippen LogP contribution in [0.25, 0.3) is 0 Å². The maximum absolute atomic E-state index is 12.4. The van der Waals surface area contributed by atoms with Crippen molar-refractivity contribution >= 4 is 47.4 Å². The fraction of sp³-hybridized carbons (Fsp3) is 0.674. The van der Waals surface area contributed by atoms with Crippen LogP contribution in [-0.2, 0) is 63.7 Å². The van der Waals surface area contributed by atoms with E-state index in [4.69, 9.17) is 18.9 Å². The number of ether oxygens (including phenoxy) is 4. The molecule has 0 aliphatic heterocycles. The molecule has 1 aromatic carbocycles. The molecule has 8 N–H and O–H groups in total. The molecule has 0 saturated heterocycles. The Hall–Kier alpha value is -5.18. The molecule has 0 saturated carbocycles. The summed E-state index contributed by atoms with van der Waals surface area (Å²) in [6.07, 6.45) is 5.69. The zero-order valence-corrected chi connectivity index (χ0v) is 36.7. The normalized spacial score (nSPS) is 11.8. The molecule has 0 heterocycles. The number of carboxylic acid groups (broad SMARTS) is 2. The number of amides is 6. The van der Waals surface area contributed by atoms with Crippen LogP contribution < -0.4 is 31.9 Å². The Balaban J connectivity index is 2.04. The van der Waals surface area contributed by atoms with Gasteiger partial charge >= 0.3 is 11.9 Å². The molecule has 0 aliphatic carbocycles. The van der Waals surface area contributed by atoms with Crippen molar-refractivity contribution in [2.75, 3.05) is 79.0 Å². The summed E-state index contributed by atoms with van der Waals surface area (Å²) in [6, 6.07) is 7.20. The quantitative estimate of drug-likeness (QED) is 0.0427. The number of aliphatic carboxylic acids is 2. The van der Waals surface area contributed by atoms with Gasteiger partial charge in [-0.2, -0.15) is 0 Å². The first-order chi connectivity index (χ1) is 30.4. The average Bonchev–Trinajstić information content (AvgIpc) is 3.25. The van der Waals surface area contributed by atoms with Crippen molar-refractivity contribution in [1.82, 2.24) is 31.9 Å². The lowest BCUT2D eigenvalue weighted by atomic mass is 10.1. The minimum Gasteiger partial charge on any atom is -0.480 e. The van der Waals surface area contributed by atoms with E-state index in [1.807, 2.05) is 30.3 Å². The van der Waals surface area contributed by atoms with E-state index in [-0.39, 0.29) is 122 Å². The van der Waals surface area contributed by atoms with Crippen molar-refractivity contribution in [3.8, 4) is 0 Å². The molecule has 0 unspecified atom stereocenters. The molecule has 0 aliphatic rings. The number of aryl methyl sites for hydroxylation is 1. The average molecular weight is 895 g/mol. The fourth-order valence-corrected chi connectivity index (χ4v) is 5.69. The second kappa shape index (κ2) is 37.4.